The van der Waals surface area contributed by atoms with Gasteiger partial charge in [0.2, 0.25) is 0 Å². The first-order valence-electron chi connectivity index (χ1n) is 7.27. The van der Waals surface area contributed by atoms with Crippen LogP contribution in [-0.4, -0.2) is 18.9 Å². The molecule has 24 heavy (non-hydrogen) atoms. The number of thiophene rings is 1. The SMILES string of the molecule is CC(CN=C(N)Nc1ccc(OC(F)(F)F)cc1)Cc1cccs1. The fourth-order valence-electron chi connectivity index (χ4n) is 2.02. The molecule has 4 nitrogen and oxygen atoms in total. The number of hydrogen-bond acceptors (Lipinski definition) is 3. The van der Waals surface area contributed by atoms with Crippen molar-refractivity contribution in [2.24, 2.45) is 16.6 Å². The Bertz CT molecular complexity index is 654. The van der Waals surface area contributed by atoms with E-state index in [-0.39, 0.29) is 11.7 Å². The number of halogens is 3. The number of guanidine groups is 1. The zero-order chi connectivity index (χ0) is 17.6. The van der Waals surface area contributed by atoms with Crippen molar-refractivity contribution in [3.63, 3.8) is 0 Å². The van der Waals surface area contributed by atoms with Crippen molar-refractivity contribution in [2.45, 2.75) is 19.7 Å². The van der Waals surface area contributed by atoms with Crippen LogP contribution in [0.2, 0.25) is 0 Å². The molecule has 0 fully saturated rings. The topological polar surface area (TPSA) is 59.6 Å². The van der Waals surface area contributed by atoms with Crippen LogP contribution in [0.25, 0.3) is 0 Å². The van der Waals surface area contributed by atoms with Crippen molar-refractivity contribution in [3.8, 4) is 5.75 Å². The lowest BCUT2D eigenvalue weighted by Crippen LogP contribution is -2.23. The van der Waals surface area contributed by atoms with Gasteiger partial charge in [0.15, 0.2) is 5.96 Å². The summed E-state index contributed by atoms with van der Waals surface area (Å²) in [7, 11) is 0. The van der Waals surface area contributed by atoms with Crippen molar-refractivity contribution in [2.75, 3.05) is 11.9 Å². The first-order chi connectivity index (χ1) is 11.3. The normalized spacial score (nSPS) is 13.6. The summed E-state index contributed by atoms with van der Waals surface area (Å²) in [4.78, 5) is 5.55. The molecule has 0 aliphatic heterocycles. The zero-order valence-corrected chi connectivity index (χ0v) is 13.8. The molecule has 1 heterocycles. The van der Waals surface area contributed by atoms with E-state index in [9.17, 15) is 13.2 Å². The van der Waals surface area contributed by atoms with Gasteiger partial charge in [0.05, 0.1) is 0 Å². The maximum Gasteiger partial charge on any atom is 0.573 e. The Balaban J connectivity index is 1.83. The number of nitrogens with zero attached hydrogens (tertiary/aromatic N) is 1. The molecule has 2 rings (SSSR count). The van der Waals surface area contributed by atoms with Crippen LogP contribution < -0.4 is 15.8 Å². The lowest BCUT2D eigenvalue weighted by molar-refractivity contribution is -0.274. The Morgan fingerprint density at radius 2 is 2.00 bits per heavy atom. The van der Waals surface area contributed by atoms with E-state index in [1.807, 2.05) is 11.4 Å². The summed E-state index contributed by atoms with van der Waals surface area (Å²) in [6.45, 7) is 2.64. The van der Waals surface area contributed by atoms with Crippen molar-refractivity contribution in [1.82, 2.24) is 0 Å². The molecule has 0 aliphatic rings. The Labute approximate surface area is 142 Å². The van der Waals surface area contributed by atoms with Crippen LogP contribution in [0.15, 0.2) is 46.8 Å². The van der Waals surface area contributed by atoms with Gasteiger partial charge in [-0.05, 0) is 48.1 Å². The summed E-state index contributed by atoms with van der Waals surface area (Å²) in [6.07, 6.45) is -3.77. The second-order valence-electron chi connectivity index (χ2n) is 5.31. The van der Waals surface area contributed by atoms with Crippen LogP contribution in [0.1, 0.15) is 11.8 Å². The summed E-state index contributed by atoms with van der Waals surface area (Å²) in [6, 6.07) is 9.40. The molecule has 1 unspecified atom stereocenters. The van der Waals surface area contributed by atoms with Crippen molar-refractivity contribution in [1.29, 1.82) is 0 Å². The van der Waals surface area contributed by atoms with Crippen molar-refractivity contribution < 1.29 is 17.9 Å². The molecule has 8 heteroatoms. The lowest BCUT2D eigenvalue weighted by Gasteiger charge is -2.11. The van der Waals surface area contributed by atoms with Gasteiger partial charge in [0.1, 0.15) is 5.75 Å². The van der Waals surface area contributed by atoms with Gasteiger partial charge in [-0.3, -0.25) is 4.99 Å². The summed E-state index contributed by atoms with van der Waals surface area (Å²) in [5, 5.41) is 4.87. The molecule has 0 amide bonds. The summed E-state index contributed by atoms with van der Waals surface area (Å²) < 4.78 is 40.1. The predicted octanol–water partition coefficient (Wildman–Crippen LogP) is 4.25. The smallest absolute Gasteiger partial charge is 0.406 e. The maximum atomic E-state index is 12.1. The van der Waals surface area contributed by atoms with Crippen LogP contribution >= 0.6 is 11.3 Å². The highest BCUT2D eigenvalue weighted by molar-refractivity contribution is 7.09. The Morgan fingerprint density at radius 1 is 1.29 bits per heavy atom. The number of nitrogens with one attached hydrogen (secondary N) is 1. The van der Waals surface area contributed by atoms with E-state index >= 15 is 0 Å². The van der Waals surface area contributed by atoms with Gasteiger partial charge in [-0.25, -0.2) is 0 Å². The van der Waals surface area contributed by atoms with E-state index < -0.39 is 6.36 Å². The number of benzene rings is 1. The minimum absolute atomic E-state index is 0.220. The number of hydrogen-bond donors (Lipinski definition) is 2. The molecule has 0 aliphatic carbocycles. The van der Waals surface area contributed by atoms with Gasteiger partial charge in [-0.1, -0.05) is 13.0 Å². The van der Waals surface area contributed by atoms with Crippen LogP contribution in [-0.2, 0) is 6.42 Å². The fraction of sp³-hybridized carbons (Fsp3) is 0.312. The summed E-state index contributed by atoms with van der Waals surface area (Å²) in [5.74, 6) is 0.275. The van der Waals surface area contributed by atoms with Crippen LogP contribution in [0.4, 0.5) is 18.9 Å². The third kappa shape index (κ3) is 6.49. The van der Waals surface area contributed by atoms with Crippen molar-refractivity contribution >= 4 is 23.0 Å². The van der Waals surface area contributed by atoms with Gasteiger partial charge in [0, 0.05) is 17.1 Å². The largest absolute Gasteiger partial charge is 0.573 e. The minimum Gasteiger partial charge on any atom is -0.406 e. The maximum absolute atomic E-state index is 12.1. The van der Waals surface area contributed by atoms with E-state index in [1.165, 1.54) is 29.1 Å². The highest BCUT2D eigenvalue weighted by atomic mass is 32.1. The van der Waals surface area contributed by atoms with E-state index in [0.717, 1.165) is 6.42 Å². The summed E-state index contributed by atoms with van der Waals surface area (Å²) >= 11 is 1.71. The number of anilines is 1. The number of aliphatic imine (C=N–C) groups is 1. The first-order valence-corrected chi connectivity index (χ1v) is 8.15. The molecule has 130 valence electrons. The molecular weight excluding hydrogens is 339 g/mol. The van der Waals surface area contributed by atoms with Crippen LogP contribution in [0, 0.1) is 5.92 Å². The van der Waals surface area contributed by atoms with Gasteiger partial charge in [-0.15, -0.1) is 24.5 Å². The van der Waals surface area contributed by atoms with E-state index in [0.29, 0.717) is 18.2 Å². The second kappa shape index (κ2) is 8.05. The monoisotopic (exact) mass is 357 g/mol. The molecule has 2 aromatic rings. The number of rotatable bonds is 6. The average Bonchev–Trinajstić information content (AvgIpc) is 2.99. The fourth-order valence-corrected chi connectivity index (χ4v) is 2.89. The van der Waals surface area contributed by atoms with E-state index in [2.05, 4.69) is 28.0 Å². The molecule has 0 radical (unpaired) electrons. The van der Waals surface area contributed by atoms with Gasteiger partial charge < -0.3 is 15.8 Å². The molecule has 0 saturated carbocycles. The number of ether oxygens (including phenoxy) is 1. The van der Waals surface area contributed by atoms with Crippen LogP contribution in [0.5, 0.6) is 5.75 Å². The first kappa shape index (κ1) is 18.1. The quantitative estimate of drug-likeness (QED) is 0.600. The third-order valence-electron chi connectivity index (χ3n) is 3.06. The molecule has 1 aromatic carbocycles. The summed E-state index contributed by atoms with van der Waals surface area (Å²) in [5.41, 5.74) is 6.34. The Kier molecular flexibility index (Phi) is 6.08. The predicted molar refractivity (Wildman–Crippen MR) is 90.4 cm³/mol. The molecular formula is C16H18F3N3OS. The number of alkyl halides is 3. The molecule has 0 bridgehead atoms. The average molecular weight is 357 g/mol. The molecule has 1 atom stereocenters. The highest BCUT2D eigenvalue weighted by Crippen LogP contribution is 2.23. The van der Waals surface area contributed by atoms with Gasteiger partial charge >= 0.3 is 6.36 Å². The standard InChI is InChI=1S/C16H18F3N3OS/c1-11(9-14-3-2-8-24-14)10-21-15(20)22-12-4-6-13(7-5-12)23-16(17,18)19/h2-8,11H,9-10H2,1H3,(H3,20,21,22). The van der Waals surface area contributed by atoms with Gasteiger partial charge in [-0.2, -0.15) is 0 Å². The lowest BCUT2D eigenvalue weighted by atomic mass is 10.1. The highest BCUT2D eigenvalue weighted by Gasteiger charge is 2.30. The van der Waals surface area contributed by atoms with Gasteiger partial charge in [0.25, 0.3) is 0 Å². The number of nitrogens with two attached hydrogens (primary N) is 1. The molecule has 3 N–H and O–H groups in total. The second-order valence-corrected chi connectivity index (χ2v) is 6.34. The Morgan fingerprint density at radius 3 is 2.58 bits per heavy atom. The minimum atomic E-state index is -4.70. The zero-order valence-electron chi connectivity index (χ0n) is 13.0. The molecule has 0 spiro atoms. The van der Waals surface area contributed by atoms with Crippen LogP contribution in [0.3, 0.4) is 0 Å². The van der Waals surface area contributed by atoms with E-state index in [4.69, 9.17) is 5.73 Å². The molecule has 0 saturated heterocycles. The van der Waals surface area contributed by atoms with Crippen molar-refractivity contribution in [3.05, 3.63) is 46.7 Å². The Hall–Kier alpha value is -2.22. The molecule has 1 aromatic heterocycles. The van der Waals surface area contributed by atoms with E-state index in [1.54, 1.807) is 11.3 Å². The third-order valence-corrected chi connectivity index (χ3v) is 3.96.